The van der Waals surface area contributed by atoms with E-state index in [4.69, 9.17) is 9.26 Å². The average molecular weight is 301 g/mol. The van der Waals surface area contributed by atoms with E-state index in [1.54, 1.807) is 31.4 Å². The summed E-state index contributed by atoms with van der Waals surface area (Å²) in [5.41, 5.74) is 0.570. The molecule has 1 amide bonds. The fourth-order valence-corrected chi connectivity index (χ4v) is 2.68. The molecule has 1 N–H and O–H groups in total. The van der Waals surface area contributed by atoms with Crippen LogP contribution in [0.4, 0.5) is 0 Å². The minimum absolute atomic E-state index is 0.171. The van der Waals surface area contributed by atoms with Crippen molar-refractivity contribution in [1.82, 2.24) is 15.5 Å². The molecule has 22 heavy (non-hydrogen) atoms. The molecule has 1 saturated carbocycles. The van der Waals surface area contributed by atoms with Gasteiger partial charge < -0.3 is 14.6 Å². The first-order valence-electron chi connectivity index (χ1n) is 7.51. The van der Waals surface area contributed by atoms with Crippen molar-refractivity contribution in [2.24, 2.45) is 0 Å². The third kappa shape index (κ3) is 3.27. The molecule has 0 radical (unpaired) electrons. The largest absolute Gasteiger partial charge is 0.497 e. The Labute approximate surface area is 128 Å². The fourth-order valence-electron chi connectivity index (χ4n) is 2.68. The molecule has 6 nitrogen and oxygen atoms in total. The Morgan fingerprint density at radius 3 is 2.73 bits per heavy atom. The monoisotopic (exact) mass is 301 g/mol. The van der Waals surface area contributed by atoms with Crippen LogP contribution in [-0.2, 0) is 6.54 Å². The molecule has 1 heterocycles. The second-order valence-electron chi connectivity index (χ2n) is 5.44. The maximum Gasteiger partial charge on any atom is 0.251 e. The third-order valence-corrected chi connectivity index (χ3v) is 3.95. The molecule has 1 aliphatic carbocycles. The number of carbonyl (C=O) groups excluding carboxylic acids is 1. The van der Waals surface area contributed by atoms with Gasteiger partial charge in [0.25, 0.3) is 5.91 Å². The van der Waals surface area contributed by atoms with E-state index in [9.17, 15) is 4.79 Å². The van der Waals surface area contributed by atoms with Crippen LogP contribution >= 0.6 is 0 Å². The Balaban J connectivity index is 1.56. The zero-order valence-corrected chi connectivity index (χ0v) is 12.5. The van der Waals surface area contributed by atoms with Crippen molar-refractivity contribution in [3.05, 3.63) is 41.5 Å². The van der Waals surface area contributed by atoms with E-state index in [2.05, 4.69) is 15.5 Å². The Hall–Kier alpha value is -2.37. The highest BCUT2D eigenvalue weighted by atomic mass is 16.5. The van der Waals surface area contributed by atoms with Crippen LogP contribution in [0.15, 0.2) is 28.8 Å². The summed E-state index contributed by atoms with van der Waals surface area (Å²) in [4.78, 5) is 16.4. The second-order valence-corrected chi connectivity index (χ2v) is 5.44. The Bertz CT molecular complexity index is 630. The van der Waals surface area contributed by atoms with E-state index in [-0.39, 0.29) is 12.5 Å². The van der Waals surface area contributed by atoms with Gasteiger partial charge in [0.1, 0.15) is 5.75 Å². The first-order valence-corrected chi connectivity index (χ1v) is 7.51. The standard InChI is InChI=1S/C16H19N3O3/c1-21-13-8-6-11(7-9-13)15(20)17-10-14-18-16(22-19-14)12-4-2-3-5-12/h6-9,12H,2-5,10H2,1H3,(H,17,20). The van der Waals surface area contributed by atoms with Gasteiger partial charge in [0.15, 0.2) is 5.82 Å². The maximum absolute atomic E-state index is 12.0. The van der Waals surface area contributed by atoms with E-state index in [1.165, 1.54) is 12.8 Å². The van der Waals surface area contributed by atoms with Gasteiger partial charge in [-0.05, 0) is 37.1 Å². The van der Waals surface area contributed by atoms with Crippen LogP contribution in [0.2, 0.25) is 0 Å². The van der Waals surface area contributed by atoms with E-state index < -0.39 is 0 Å². The molecule has 0 atom stereocenters. The van der Waals surface area contributed by atoms with Crippen LogP contribution in [0, 0.1) is 0 Å². The van der Waals surface area contributed by atoms with Gasteiger partial charge in [-0.15, -0.1) is 0 Å². The van der Waals surface area contributed by atoms with Gasteiger partial charge in [-0.2, -0.15) is 4.98 Å². The van der Waals surface area contributed by atoms with Crippen molar-refractivity contribution in [2.75, 3.05) is 7.11 Å². The molecular weight excluding hydrogens is 282 g/mol. The van der Waals surface area contributed by atoms with Gasteiger partial charge in [-0.3, -0.25) is 4.79 Å². The lowest BCUT2D eigenvalue weighted by Crippen LogP contribution is -2.23. The minimum atomic E-state index is -0.171. The van der Waals surface area contributed by atoms with E-state index in [0.717, 1.165) is 18.6 Å². The van der Waals surface area contributed by atoms with Crippen molar-refractivity contribution in [2.45, 2.75) is 38.1 Å². The SMILES string of the molecule is COc1ccc(C(=O)NCc2noc(C3CCCC3)n2)cc1. The summed E-state index contributed by atoms with van der Waals surface area (Å²) < 4.78 is 10.4. The van der Waals surface area contributed by atoms with Crippen LogP contribution in [0.25, 0.3) is 0 Å². The van der Waals surface area contributed by atoms with Crippen molar-refractivity contribution >= 4 is 5.91 Å². The van der Waals surface area contributed by atoms with Crippen LogP contribution in [0.3, 0.4) is 0 Å². The summed E-state index contributed by atoms with van der Waals surface area (Å²) in [6.45, 7) is 0.265. The molecule has 0 aliphatic heterocycles. The predicted octanol–water partition coefficient (Wildman–Crippen LogP) is 2.67. The number of amides is 1. The Kier molecular flexibility index (Phi) is 4.37. The normalized spacial score (nSPS) is 15.0. The van der Waals surface area contributed by atoms with Crippen molar-refractivity contribution in [3.63, 3.8) is 0 Å². The van der Waals surface area contributed by atoms with Crippen LogP contribution < -0.4 is 10.1 Å². The zero-order chi connectivity index (χ0) is 15.4. The summed E-state index contributed by atoms with van der Waals surface area (Å²) in [7, 11) is 1.59. The molecule has 6 heteroatoms. The highest BCUT2D eigenvalue weighted by Crippen LogP contribution is 2.32. The van der Waals surface area contributed by atoms with Crippen molar-refractivity contribution < 1.29 is 14.1 Å². The van der Waals surface area contributed by atoms with E-state index >= 15 is 0 Å². The lowest BCUT2D eigenvalue weighted by atomic mass is 10.1. The van der Waals surface area contributed by atoms with Crippen LogP contribution in [-0.4, -0.2) is 23.2 Å². The number of carbonyl (C=O) groups is 1. The highest BCUT2D eigenvalue weighted by Gasteiger charge is 2.23. The number of nitrogens with one attached hydrogen (secondary N) is 1. The molecular formula is C16H19N3O3. The first-order chi connectivity index (χ1) is 10.8. The summed E-state index contributed by atoms with van der Waals surface area (Å²) >= 11 is 0. The summed E-state index contributed by atoms with van der Waals surface area (Å²) in [5.74, 6) is 2.15. The second kappa shape index (κ2) is 6.60. The number of hydrogen-bond acceptors (Lipinski definition) is 5. The molecule has 1 aliphatic rings. The summed E-state index contributed by atoms with van der Waals surface area (Å²) in [6, 6.07) is 6.94. The van der Waals surface area contributed by atoms with Gasteiger partial charge in [0, 0.05) is 11.5 Å². The van der Waals surface area contributed by atoms with Gasteiger partial charge in [0.05, 0.1) is 13.7 Å². The number of nitrogens with zero attached hydrogens (tertiary/aromatic N) is 2. The zero-order valence-electron chi connectivity index (χ0n) is 12.5. The van der Waals surface area contributed by atoms with E-state index in [0.29, 0.717) is 23.2 Å². The lowest BCUT2D eigenvalue weighted by Gasteiger charge is -2.04. The molecule has 3 rings (SSSR count). The molecule has 1 aromatic heterocycles. The topological polar surface area (TPSA) is 77.2 Å². The number of hydrogen-bond donors (Lipinski definition) is 1. The van der Waals surface area contributed by atoms with Gasteiger partial charge in [-0.25, -0.2) is 0 Å². The first kappa shape index (κ1) is 14.6. The van der Waals surface area contributed by atoms with Gasteiger partial charge in [-0.1, -0.05) is 18.0 Å². The van der Waals surface area contributed by atoms with Crippen molar-refractivity contribution in [3.8, 4) is 5.75 Å². The summed E-state index contributed by atoms with van der Waals surface area (Å²) in [6.07, 6.45) is 4.66. The predicted molar refractivity (Wildman–Crippen MR) is 79.7 cm³/mol. The van der Waals surface area contributed by atoms with Crippen molar-refractivity contribution in [1.29, 1.82) is 0 Å². The van der Waals surface area contributed by atoms with Gasteiger partial charge in [0.2, 0.25) is 5.89 Å². The fraction of sp³-hybridized carbons (Fsp3) is 0.438. The smallest absolute Gasteiger partial charge is 0.251 e. The van der Waals surface area contributed by atoms with Gasteiger partial charge >= 0.3 is 0 Å². The molecule has 2 aromatic rings. The quantitative estimate of drug-likeness (QED) is 0.918. The Morgan fingerprint density at radius 2 is 2.05 bits per heavy atom. The maximum atomic E-state index is 12.0. The third-order valence-electron chi connectivity index (χ3n) is 3.95. The number of rotatable bonds is 5. The number of benzene rings is 1. The summed E-state index contributed by atoms with van der Waals surface area (Å²) in [5, 5.41) is 6.72. The number of aromatic nitrogens is 2. The number of methoxy groups -OCH3 is 1. The van der Waals surface area contributed by atoms with E-state index in [1.807, 2.05) is 0 Å². The Morgan fingerprint density at radius 1 is 1.32 bits per heavy atom. The molecule has 0 unspecified atom stereocenters. The van der Waals surface area contributed by atoms with Crippen LogP contribution in [0.1, 0.15) is 53.7 Å². The highest BCUT2D eigenvalue weighted by molar-refractivity contribution is 5.94. The lowest BCUT2D eigenvalue weighted by molar-refractivity contribution is 0.0949. The molecule has 1 aromatic carbocycles. The number of ether oxygens (including phenoxy) is 1. The molecule has 0 saturated heterocycles. The minimum Gasteiger partial charge on any atom is -0.497 e. The average Bonchev–Trinajstić information content (AvgIpc) is 3.23. The molecule has 0 bridgehead atoms. The molecule has 0 spiro atoms. The molecule has 1 fully saturated rings. The molecule has 116 valence electrons. The van der Waals surface area contributed by atoms with Crippen LogP contribution in [0.5, 0.6) is 5.75 Å².